The molecule has 0 saturated carbocycles. The maximum atomic E-state index is 16.1. The maximum Gasteiger partial charge on any atom is 0.229 e. The van der Waals surface area contributed by atoms with Crippen LogP contribution in [0.3, 0.4) is 0 Å². The SMILES string of the molecule is OC[C@H]1O[C@@H](Oc2ccc(-c3c4nc(c(-c5c(F)c(F)c(F)c(F)c5F)c5nc(c(-c6c(F)c(F)c(F)c(F)c6F)c6ccc([nH]6)c(-c6ccc(O[C@@H]7O[C@H](CO)[C@@H](O)[C@H](O)[C@H]7O)cc6)c6ccc3[nH]6)C=C5)C=C4)cc2)[C@H](O)[C@@H](O)[C@@H]1O. The lowest BCUT2D eigenvalue weighted by Crippen LogP contribution is -2.60. The van der Waals surface area contributed by atoms with Crippen LogP contribution < -0.4 is 9.47 Å². The van der Waals surface area contributed by atoms with Crippen molar-refractivity contribution in [2.45, 2.75) is 61.4 Å². The van der Waals surface area contributed by atoms with Crippen molar-refractivity contribution in [1.29, 1.82) is 0 Å². The first kappa shape index (κ1) is 55.9. The van der Waals surface area contributed by atoms with Gasteiger partial charge in [-0.1, -0.05) is 24.3 Å². The van der Waals surface area contributed by atoms with E-state index in [1.807, 2.05) is 0 Å². The van der Waals surface area contributed by atoms with Gasteiger partial charge in [-0.15, -0.1) is 0 Å². The van der Waals surface area contributed by atoms with Crippen molar-refractivity contribution >= 4 is 46.4 Å². The monoisotopic (exact) mass is 1150 g/mol. The number of ether oxygens (including phenoxy) is 4. The second kappa shape index (κ2) is 21.7. The number of rotatable bonds is 10. The summed E-state index contributed by atoms with van der Waals surface area (Å²) in [6, 6.07) is 17.0. The summed E-state index contributed by atoms with van der Waals surface area (Å²) in [5.74, 6) is -24.0. The van der Waals surface area contributed by atoms with E-state index in [0.29, 0.717) is 5.56 Å². The Morgan fingerprint density at radius 2 is 0.659 bits per heavy atom. The largest absolute Gasteiger partial charge is 0.462 e. The third-order valence-electron chi connectivity index (χ3n) is 14.2. The predicted octanol–water partition coefficient (Wildman–Crippen LogP) is 7.07. The molecule has 82 heavy (non-hydrogen) atoms. The number of halogens is 10. The van der Waals surface area contributed by atoms with Gasteiger partial charge < -0.3 is 69.8 Å². The molecule has 0 aliphatic carbocycles. The van der Waals surface area contributed by atoms with Crippen LogP contribution >= 0.6 is 0 Å². The molecule has 2 saturated heterocycles. The molecule has 4 aliphatic rings. The molecule has 426 valence electrons. The van der Waals surface area contributed by atoms with Gasteiger partial charge in [0, 0.05) is 44.3 Å². The van der Waals surface area contributed by atoms with Gasteiger partial charge in [0.15, 0.2) is 46.5 Å². The van der Waals surface area contributed by atoms with Crippen LogP contribution in [0.25, 0.3) is 90.9 Å². The zero-order chi connectivity index (χ0) is 58.3. The molecule has 16 nitrogen and oxygen atoms in total. The highest BCUT2D eigenvalue weighted by Gasteiger charge is 2.46. The minimum Gasteiger partial charge on any atom is -0.462 e. The average molecular weight is 1150 g/mol. The number of aromatic amines is 2. The average Bonchev–Trinajstić information content (AvgIpc) is 4.52. The molecule has 7 aromatic rings. The zero-order valence-corrected chi connectivity index (χ0v) is 41.3. The molecular formula is C56H40F10N4O12. The number of hydrogen-bond donors (Lipinski definition) is 10. The molecule has 26 heteroatoms. The van der Waals surface area contributed by atoms with Crippen molar-refractivity contribution in [1.82, 2.24) is 19.9 Å². The molecule has 4 aliphatic heterocycles. The summed E-state index contributed by atoms with van der Waals surface area (Å²) in [6.07, 6.45) is -12.2. The molecule has 7 heterocycles. The Hall–Kier alpha value is -8.02. The summed E-state index contributed by atoms with van der Waals surface area (Å²) >= 11 is 0. The van der Waals surface area contributed by atoms with Gasteiger partial charge in [0.2, 0.25) is 24.2 Å². The van der Waals surface area contributed by atoms with E-state index in [-0.39, 0.29) is 50.4 Å². The summed E-state index contributed by atoms with van der Waals surface area (Å²) in [6.45, 7) is -1.51. The van der Waals surface area contributed by atoms with Crippen LogP contribution in [0.5, 0.6) is 11.5 Å². The van der Waals surface area contributed by atoms with Crippen molar-refractivity contribution in [2.75, 3.05) is 13.2 Å². The summed E-state index contributed by atoms with van der Waals surface area (Å²) in [5.41, 5.74) is -5.87. The lowest BCUT2D eigenvalue weighted by molar-refractivity contribution is -0.277. The highest BCUT2D eigenvalue weighted by molar-refractivity contribution is 6.00. The molecule has 10 atom stereocenters. The quantitative estimate of drug-likeness (QED) is 0.0374. The Kier molecular flexibility index (Phi) is 14.8. The molecule has 0 radical (unpaired) electrons. The Labute approximate surface area is 453 Å². The van der Waals surface area contributed by atoms with Crippen LogP contribution in [0.4, 0.5) is 43.9 Å². The van der Waals surface area contributed by atoms with Crippen molar-refractivity contribution in [2.24, 2.45) is 0 Å². The third-order valence-corrected chi connectivity index (χ3v) is 14.2. The van der Waals surface area contributed by atoms with Crippen LogP contribution in [-0.4, -0.2) is 135 Å². The first-order chi connectivity index (χ1) is 39.2. The van der Waals surface area contributed by atoms with Gasteiger partial charge >= 0.3 is 0 Å². The molecule has 11 rings (SSSR count). The van der Waals surface area contributed by atoms with Gasteiger partial charge in [-0.05, 0) is 84.0 Å². The van der Waals surface area contributed by atoms with Crippen LogP contribution in [-0.2, 0) is 9.47 Å². The topological polar surface area (TPSA) is 256 Å². The van der Waals surface area contributed by atoms with Gasteiger partial charge in [0.05, 0.1) is 47.1 Å². The van der Waals surface area contributed by atoms with E-state index in [2.05, 4.69) is 19.9 Å². The molecule has 0 spiro atoms. The highest BCUT2D eigenvalue weighted by Crippen LogP contribution is 2.43. The third kappa shape index (κ3) is 9.44. The van der Waals surface area contributed by atoms with Gasteiger partial charge in [-0.25, -0.2) is 53.9 Å². The van der Waals surface area contributed by atoms with E-state index in [0.717, 1.165) is 18.2 Å². The fraction of sp³-hybridized carbons (Fsp3) is 0.214. The number of aliphatic hydroxyl groups is 8. The van der Waals surface area contributed by atoms with Gasteiger partial charge in [-0.3, -0.25) is 0 Å². The van der Waals surface area contributed by atoms with E-state index in [9.17, 15) is 49.6 Å². The van der Waals surface area contributed by atoms with Gasteiger partial charge in [0.25, 0.3) is 0 Å². The molecule has 8 bridgehead atoms. The maximum absolute atomic E-state index is 16.1. The number of aliphatic hydroxyl groups excluding tert-OH is 8. The summed E-state index contributed by atoms with van der Waals surface area (Å²) in [4.78, 5) is 15.1. The zero-order valence-electron chi connectivity index (χ0n) is 41.3. The fourth-order valence-electron chi connectivity index (χ4n) is 9.99. The van der Waals surface area contributed by atoms with Crippen LogP contribution in [0.1, 0.15) is 22.8 Å². The standard InChI is InChI=1S/C56H40F10N4O12/c57-39-37(40(58)44(62)47(65)43(39)61)35-27-13-11-25(68-27)33(19-1-5-21(6-2-19)79-55-53(77)51(75)49(73)31(17-71)81-55)23-9-10-24(67-23)34(20-3-7-22(8-4-20)80-56-54(78)52(76)50(74)32(18-72)82-56)26-12-14-28(69-26)36(30-16-15-29(35)70-30)38-41(59)45(63)48(66)46(64)42(38)60/h1-16,31-32,49-56,67-68,71-78H,17-18H2/t31-,32-,49-,50-,51+,52+,53-,54-,55-,56-/m1/s1. The number of fused-ring (bicyclic) bond motifs is 8. The summed E-state index contributed by atoms with van der Waals surface area (Å²) in [7, 11) is 0. The van der Waals surface area contributed by atoms with Crippen molar-refractivity contribution in [3.05, 3.63) is 154 Å². The molecule has 0 amide bonds. The lowest BCUT2D eigenvalue weighted by Gasteiger charge is -2.39. The fourth-order valence-corrected chi connectivity index (χ4v) is 9.99. The Bertz CT molecular complexity index is 3880. The van der Waals surface area contributed by atoms with E-state index in [1.54, 1.807) is 0 Å². The van der Waals surface area contributed by atoms with Crippen molar-refractivity contribution in [3.63, 3.8) is 0 Å². The second-order valence-corrected chi connectivity index (χ2v) is 19.1. The number of aromatic nitrogens is 4. The van der Waals surface area contributed by atoms with Gasteiger partial charge in [-0.2, -0.15) is 0 Å². The van der Waals surface area contributed by atoms with Gasteiger partial charge in [0.1, 0.15) is 60.3 Å². The highest BCUT2D eigenvalue weighted by atomic mass is 19.2. The number of nitrogens with zero attached hydrogens (tertiary/aromatic N) is 2. The van der Waals surface area contributed by atoms with E-state index < -0.39 is 178 Å². The number of hydrogen-bond acceptors (Lipinski definition) is 14. The Morgan fingerprint density at radius 3 is 1.04 bits per heavy atom. The van der Waals surface area contributed by atoms with Crippen LogP contribution in [0, 0.1) is 58.2 Å². The number of nitrogens with one attached hydrogen (secondary N) is 2. The summed E-state index contributed by atoms with van der Waals surface area (Å²) in [5, 5.41) is 82.1. The molecule has 10 N–H and O–H groups in total. The number of benzene rings is 4. The van der Waals surface area contributed by atoms with Crippen LogP contribution in [0.2, 0.25) is 0 Å². The first-order valence-electron chi connectivity index (χ1n) is 24.6. The second-order valence-electron chi connectivity index (χ2n) is 19.1. The minimum atomic E-state index is -2.53. The first-order valence-corrected chi connectivity index (χ1v) is 24.6. The van der Waals surface area contributed by atoms with Crippen molar-refractivity contribution in [3.8, 4) is 56.0 Å². The van der Waals surface area contributed by atoms with Crippen LogP contribution in [0.15, 0.2) is 72.8 Å². The Morgan fingerprint density at radius 1 is 0.354 bits per heavy atom. The molecule has 2 fully saturated rings. The molecule has 3 aromatic heterocycles. The Balaban J connectivity index is 1.18. The molecule has 4 aromatic carbocycles. The molecule has 0 unspecified atom stereocenters. The summed E-state index contributed by atoms with van der Waals surface area (Å²) < 4.78 is 177. The molecular weight excluding hydrogens is 1110 g/mol. The van der Waals surface area contributed by atoms with E-state index >= 15 is 35.1 Å². The van der Waals surface area contributed by atoms with E-state index in [1.165, 1.54) is 78.9 Å². The normalized spacial score (nSPS) is 23.4. The number of H-pyrrole nitrogens is 2. The van der Waals surface area contributed by atoms with E-state index in [4.69, 9.17) is 18.9 Å². The lowest BCUT2D eigenvalue weighted by atomic mass is 9.99. The smallest absolute Gasteiger partial charge is 0.229 e. The minimum absolute atomic E-state index is 0.00410. The predicted molar refractivity (Wildman–Crippen MR) is 269 cm³/mol. The van der Waals surface area contributed by atoms with Crippen molar-refractivity contribution < 1.29 is 104 Å².